The number of nitrogens with one attached hydrogen (secondary N) is 1. The number of para-hydroxylation sites is 1. The molecule has 0 aliphatic rings. The second-order valence-corrected chi connectivity index (χ2v) is 4.76. The molecule has 0 bridgehead atoms. The molecule has 0 amide bonds. The topological polar surface area (TPSA) is 47.3 Å². The van der Waals surface area contributed by atoms with Gasteiger partial charge in [0.25, 0.3) is 0 Å². The van der Waals surface area contributed by atoms with Crippen LogP contribution < -0.4 is 15.8 Å². The number of benzene rings is 2. The van der Waals surface area contributed by atoms with Crippen molar-refractivity contribution >= 4 is 40.3 Å². The Balaban J connectivity index is 2.33. The van der Waals surface area contributed by atoms with E-state index in [4.69, 9.17) is 33.7 Å². The molecule has 0 aliphatic heterocycles. The highest BCUT2D eigenvalue weighted by Crippen LogP contribution is 2.34. The lowest BCUT2D eigenvalue weighted by Crippen LogP contribution is -1.97. The lowest BCUT2D eigenvalue weighted by Gasteiger charge is -2.12. The molecule has 0 aromatic heterocycles. The van der Waals surface area contributed by atoms with E-state index >= 15 is 0 Å². The summed E-state index contributed by atoms with van der Waals surface area (Å²) in [7, 11) is 0. The molecule has 0 atom stereocenters. The molecule has 0 aliphatic carbocycles. The number of halogens is 2. The van der Waals surface area contributed by atoms with Crippen molar-refractivity contribution in [2.24, 2.45) is 0 Å². The predicted molar refractivity (Wildman–Crippen MR) is 81.8 cm³/mol. The van der Waals surface area contributed by atoms with E-state index < -0.39 is 0 Å². The van der Waals surface area contributed by atoms with Gasteiger partial charge in [0.1, 0.15) is 5.75 Å². The third-order valence-corrected chi connectivity index (χ3v) is 3.10. The largest absolute Gasteiger partial charge is 0.494 e. The Morgan fingerprint density at radius 2 is 1.84 bits per heavy atom. The zero-order valence-electron chi connectivity index (χ0n) is 10.4. The van der Waals surface area contributed by atoms with Gasteiger partial charge in [0.05, 0.1) is 22.3 Å². The van der Waals surface area contributed by atoms with Gasteiger partial charge in [0.15, 0.2) is 0 Å². The van der Waals surface area contributed by atoms with Crippen molar-refractivity contribution in [1.82, 2.24) is 0 Å². The van der Waals surface area contributed by atoms with Gasteiger partial charge >= 0.3 is 0 Å². The number of hydrogen-bond donors (Lipinski definition) is 2. The molecule has 0 unspecified atom stereocenters. The molecule has 3 nitrogen and oxygen atoms in total. The van der Waals surface area contributed by atoms with E-state index in [0.717, 1.165) is 5.69 Å². The third kappa shape index (κ3) is 3.46. The van der Waals surface area contributed by atoms with Crippen LogP contribution in [-0.2, 0) is 0 Å². The Bertz CT molecular complexity index is 567. The molecule has 2 rings (SSSR count). The van der Waals surface area contributed by atoms with Crippen molar-refractivity contribution in [3.05, 3.63) is 46.4 Å². The van der Waals surface area contributed by atoms with Crippen molar-refractivity contribution < 1.29 is 4.74 Å². The van der Waals surface area contributed by atoms with E-state index in [1.807, 2.05) is 13.0 Å². The monoisotopic (exact) mass is 296 g/mol. The molecule has 0 radical (unpaired) electrons. The summed E-state index contributed by atoms with van der Waals surface area (Å²) in [6, 6.07) is 10.7. The van der Waals surface area contributed by atoms with Crippen LogP contribution in [0.15, 0.2) is 36.4 Å². The molecule has 0 saturated carbocycles. The maximum Gasteiger partial charge on any atom is 0.123 e. The number of nitrogen functional groups attached to an aromatic ring is 1. The van der Waals surface area contributed by atoms with Gasteiger partial charge in [0.2, 0.25) is 0 Å². The second-order valence-electron chi connectivity index (χ2n) is 3.95. The average molecular weight is 297 g/mol. The number of ether oxygens (including phenoxy) is 1. The SMILES string of the molecule is CCOc1cc(N)cc(Nc2c(Cl)cccc2Cl)c1. The minimum Gasteiger partial charge on any atom is -0.494 e. The first-order valence-electron chi connectivity index (χ1n) is 5.84. The van der Waals surface area contributed by atoms with E-state index in [1.54, 1.807) is 30.3 Å². The van der Waals surface area contributed by atoms with Gasteiger partial charge in [-0.2, -0.15) is 0 Å². The first kappa shape index (κ1) is 13.8. The molecule has 5 heteroatoms. The van der Waals surface area contributed by atoms with Crippen LogP contribution in [0, 0.1) is 0 Å². The number of hydrogen-bond acceptors (Lipinski definition) is 3. The van der Waals surface area contributed by atoms with E-state index in [2.05, 4.69) is 5.32 Å². The summed E-state index contributed by atoms with van der Waals surface area (Å²) in [5.74, 6) is 0.702. The third-order valence-electron chi connectivity index (χ3n) is 2.47. The van der Waals surface area contributed by atoms with Crippen molar-refractivity contribution in [1.29, 1.82) is 0 Å². The van der Waals surface area contributed by atoms with Gasteiger partial charge in [-0.15, -0.1) is 0 Å². The Hall–Kier alpha value is -1.58. The molecule has 100 valence electrons. The van der Waals surface area contributed by atoms with Crippen molar-refractivity contribution in [2.45, 2.75) is 6.92 Å². The van der Waals surface area contributed by atoms with Crippen molar-refractivity contribution in [3.8, 4) is 5.75 Å². The first-order chi connectivity index (χ1) is 9.10. The molecule has 0 spiro atoms. The summed E-state index contributed by atoms with van der Waals surface area (Å²) in [6.07, 6.45) is 0. The first-order valence-corrected chi connectivity index (χ1v) is 6.60. The Labute approximate surface area is 122 Å². The molecule has 2 aromatic carbocycles. The van der Waals surface area contributed by atoms with E-state index in [9.17, 15) is 0 Å². The number of rotatable bonds is 4. The normalized spacial score (nSPS) is 10.3. The van der Waals surface area contributed by atoms with Gasteiger partial charge in [-0.25, -0.2) is 0 Å². The molecule has 0 saturated heterocycles. The van der Waals surface area contributed by atoms with Crippen LogP contribution in [0.25, 0.3) is 0 Å². The predicted octanol–water partition coefficient (Wildman–Crippen LogP) is 4.72. The Kier molecular flexibility index (Phi) is 4.40. The van der Waals surface area contributed by atoms with Crippen LogP contribution in [0.1, 0.15) is 6.92 Å². The lowest BCUT2D eigenvalue weighted by atomic mass is 10.2. The fraction of sp³-hybridized carbons (Fsp3) is 0.143. The van der Waals surface area contributed by atoms with Gasteiger partial charge in [0, 0.05) is 23.5 Å². The highest BCUT2D eigenvalue weighted by atomic mass is 35.5. The Morgan fingerprint density at radius 3 is 2.47 bits per heavy atom. The number of nitrogens with two attached hydrogens (primary N) is 1. The molecule has 2 aromatic rings. The van der Waals surface area contributed by atoms with Gasteiger partial charge in [-0.05, 0) is 25.1 Å². The molecular weight excluding hydrogens is 283 g/mol. The fourth-order valence-corrected chi connectivity index (χ4v) is 2.20. The van der Waals surface area contributed by atoms with Crippen LogP contribution in [0.3, 0.4) is 0 Å². The average Bonchev–Trinajstić information content (AvgIpc) is 2.34. The summed E-state index contributed by atoms with van der Waals surface area (Å²) in [5.41, 5.74) is 7.87. The van der Waals surface area contributed by atoms with Crippen molar-refractivity contribution in [2.75, 3.05) is 17.7 Å². The summed E-state index contributed by atoms with van der Waals surface area (Å²) < 4.78 is 5.44. The number of anilines is 3. The maximum atomic E-state index is 6.11. The van der Waals surface area contributed by atoms with Crippen LogP contribution in [0.5, 0.6) is 5.75 Å². The minimum atomic E-state index is 0.549. The summed E-state index contributed by atoms with van der Waals surface area (Å²) in [4.78, 5) is 0. The highest BCUT2D eigenvalue weighted by molar-refractivity contribution is 6.39. The highest BCUT2D eigenvalue weighted by Gasteiger charge is 2.07. The van der Waals surface area contributed by atoms with Gasteiger partial charge in [-0.1, -0.05) is 29.3 Å². The van der Waals surface area contributed by atoms with Crippen LogP contribution in [0.4, 0.5) is 17.1 Å². The zero-order chi connectivity index (χ0) is 13.8. The zero-order valence-corrected chi connectivity index (χ0v) is 11.9. The molecule has 0 fully saturated rings. The molecule has 3 N–H and O–H groups in total. The van der Waals surface area contributed by atoms with E-state index in [0.29, 0.717) is 33.8 Å². The summed E-state index contributed by atoms with van der Waals surface area (Å²) in [6.45, 7) is 2.50. The minimum absolute atomic E-state index is 0.549. The van der Waals surface area contributed by atoms with Crippen LogP contribution in [-0.4, -0.2) is 6.61 Å². The van der Waals surface area contributed by atoms with E-state index in [1.165, 1.54) is 0 Å². The molecular formula is C14H14Cl2N2O. The van der Waals surface area contributed by atoms with Crippen molar-refractivity contribution in [3.63, 3.8) is 0 Å². The quantitative estimate of drug-likeness (QED) is 0.803. The van der Waals surface area contributed by atoms with Gasteiger partial charge < -0.3 is 15.8 Å². The fourth-order valence-electron chi connectivity index (χ4n) is 1.71. The summed E-state index contributed by atoms with van der Waals surface area (Å²) >= 11 is 12.2. The van der Waals surface area contributed by atoms with Crippen LogP contribution >= 0.6 is 23.2 Å². The standard InChI is InChI=1S/C14H14Cl2N2O/c1-2-19-11-7-9(17)6-10(8-11)18-14-12(15)4-3-5-13(14)16/h3-8,18H,2,17H2,1H3. The maximum absolute atomic E-state index is 6.11. The molecule has 19 heavy (non-hydrogen) atoms. The molecule has 0 heterocycles. The Morgan fingerprint density at radius 1 is 1.16 bits per heavy atom. The second kappa shape index (κ2) is 6.04. The van der Waals surface area contributed by atoms with Gasteiger partial charge in [-0.3, -0.25) is 0 Å². The lowest BCUT2D eigenvalue weighted by molar-refractivity contribution is 0.340. The smallest absolute Gasteiger partial charge is 0.123 e. The summed E-state index contributed by atoms with van der Waals surface area (Å²) in [5, 5.41) is 4.25. The van der Waals surface area contributed by atoms with Crippen LogP contribution in [0.2, 0.25) is 10.0 Å². The van der Waals surface area contributed by atoms with E-state index in [-0.39, 0.29) is 0 Å².